The zero-order valence-electron chi connectivity index (χ0n) is 13.5. The van der Waals surface area contributed by atoms with Gasteiger partial charge in [0.2, 0.25) is 14.2 Å². The zero-order valence-corrected chi connectivity index (χ0v) is 15.1. The Hall–Kier alpha value is -2.77. The molecular weight excluding hydrogens is 370 g/mol. The average Bonchev–Trinajstić information content (AvgIpc) is 3.28. The van der Waals surface area contributed by atoms with Crippen LogP contribution in [0.2, 0.25) is 0 Å². The molecule has 0 atom stereocenters. The highest BCUT2D eigenvalue weighted by molar-refractivity contribution is 7.92. The van der Waals surface area contributed by atoms with Crippen molar-refractivity contribution in [2.24, 2.45) is 0 Å². The molecule has 0 saturated carbocycles. The number of hydrogen-bond donors (Lipinski definition) is 0. The number of furan rings is 1. The molecule has 2 aromatic carbocycles. The lowest BCUT2D eigenvalue weighted by molar-refractivity contribution is 0.110. The van der Waals surface area contributed by atoms with Gasteiger partial charge in [-0.1, -0.05) is 30.3 Å². The first-order valence-electron chi connectivity index (χ1n) is 7.78. The molecule has 0 amide bonds. The molecule has 0 spiro atoms. The van der Waals surface area contributed by atoms with Crippen LogP contribution in [0.1, 0.15) is 16.1 Å². The molecule has 0 aliphatic rings. The lowest BCUT2D eigenvalue weighted by Crippen LogP contribution is -2.04. The van der Waals surface area contributed by atoms with Crippen LogP contribution in [0.4, 0.5) is 0 Å². The fourth-order valence-corrected chi connectivity index (χ4v) is 5.30. The Morgan fingerprint density at radius 2 is 1.85 bits per heavy atom. The van der Waals surface area contributed by atoms with E-state index in [-0.39, 0.29) is 15.9 Å². The number of carbonyl (C=O) groups excluding carboxylic acids is 1. The number of aromatic nitrogens is 1. The summed E-state index contributed by atoms with van der Waals surface area (Å²) in [5, 5.41) is 0. The molecule has 0 fully saturated rings. The van der Waals surface area contributed by atoms with E-state index >= 15 is 0 Å². The van der Waals surface area contributed by atoms with Crippen LogP contribution in [-0.2, 0) is 15.6 Å². The average molecular weight is 383 g/mol. The minimum atomic E-state index is -3.51. The van der Waals surface area contributed by atoms with Crippen molar-refractivity contribution in [1.29, 1.82) is 0 Å². The molecule has 0 bridgehead atoms. The monoisotopic (exact) mass is 383 g/mol. The summed E-state index contributed by atoms with van der Waals surface area (Å²) in [4.78, 5) is 15.0. The maximum atomic E-state index is 12.7. The van der Waals surface area contributed by atoms with Gasteiger partial charge in [0.15, 0.2) is 12.0 Å². The van der Waals surface area contributed by atoms with E-state index in [4.69, 9.17) is 4.42 Å². The fourth-order valence-electron chi connectivity index (χ4n) is 2.62. The van der Waals surface area contributed by atoms with Crippen molar-refractivity contribution in [3.63, 3.8) is 0 Å². The van der Waals surface area contributed by atoms with Crippen LogP contribution in [0.15, 0.2) is 69.4 Å². The number of rotatable bonds is 5. The predicted molar refractivity (Wildman–Crippen MR) is 100 cm³/mol. The lowest BCUT2D eigenvalue weighted by Gasteiger charge is -2.00. The van der Waals surface area contributed by atoms with E-state index in [1.807, 2.05) is 24.3 Å². The molecule has 0 unspecified atom stereocenters. The summed E-state index contributed by atoms with van der Waals surface area (Å²) in [5.74, 6) is 0.716. The molecule has 26 heavy (non-hydrogen) atoms. The molecule has 0 radical (unpaired) electrons. The Bertz CT molecular complexity index is 1190. The maximum Gasteiger partial charge on any atom is 0.210 e. The van der Waals surface area contributed by atoms with Gasteiger partial charge in [0.05, 0.1) is 16.0 Å². The van der Waals surface area contributed by atoms with Crippen LogP contribution in [0.3, 0.4) is 0 Å². The third-order valence-corrected chi connectivity index (χ3v) is 7.02. The molecule has 4 rings (SSSR count). The van der Waals surface area contributed by atoms with Crippen molar-refractivity contribution >= 4 is 37.7 Å². The highest BCUT2D eigenvalue weighted by atomic mass is 32.2. The molecule has 7 heteroatoms. The lowest BCUT2D eigenvalue weighted by atomic mass is 10.2. The first kappa shape index (κ1) is 16.7. The normalized spacial score (nSPS) is 11.7. The Balaban J connectivity index is 1.70. The second kappa shape index (κ2) is 6.51. The maximum absolute atomic E-state index is 12.7. The molecule has 4 aromatic rings. The number of nitrogens with zero attached hydrogens (tertiary/aromatic N) is 1. The smallest absolute Gasteiger partial charge is 0.210 e. The molecule has 0 aliphatic carbocycles. The number of hydrogen-bond acceptors (Lipinski definition) is 6. The number of thiazole rings is 1. The van der Waals surface area contributed by atoms with Crippen molar-refractivity contribution in [3.05, 3.63) is 72.0 Å². The summed E-state index contributed by atoms with van der Waals surface area (Å²) < 4.78 is 31.6. The summed E-state index contributed by atoms with van der Waals surface area (Å²) in [6, 6.07) is 17.7. The topological polar surface area (TPSA) is 77.2 Å². The summed E-state index contributed by atoms with van der Waals surface area (Å²) in [7, 11) is -3.51. The van der Waals surface area contributed by atoms with E-state index in [2.05, 4.69) is 4.98 Å². The van der Waals surface area contributed by atoms with Gasteiger partial charge in [-0.2, -0.15) is 0 Å². The van der Waals surface area contributed by atoms with Crippen molar-refractivity contribution in [3.8, 4) is 11.3 Å². The first-order chi connectivity index (χ1) is 12.5. The zero-order chi connectivity index (χ0) is 18.1. The van der Waals surface area contributed by atoms with Crippen LogP contribution in [0.25, 0.3) is 21.5 Å². The number of aldehydes is 1. The number of sulfone groups is 1. The fraction of sp³-hybridized carbons (Fsp3) is 0.0526. The third kappa shape index (κ3) is 3.18. The Morgan fingerprint density at radius 3 is 2.58 bits per heavy atom. The van der Waals surface area contributed by atoms with E-state index < -0.39 is 9.84 Å². The third-order valence-electron chi connectivity index (χ3n) is 3.86. The molecular formula is C19H13NO4S2. The molecule has 0 N–H and O–H groups in total. The Kier molecular flexibility index (Phi) is 4.18. The summed E-state index contributed by atoms with van der Waals surface area (Å²) in [6.07, 6.45) is 0.642. The van der Waals surface area contributed by atoms with Crippen LogP contribution >= 0.6 is 11.3 Å². The highest BCUT2D eigenvalue weighted by Gasteiger charge is 2.20. The largest absolute Gasteiger partial charge is 0.453 e. The van der Waals surface area contributed by atoms with Crippen molar-refractivity contribution in [2.45, 2.75) is 10.1 Å². The summed E-state index contributed by atoms with van der Waals surface area (Å²) in [5.41, 5.74) is 2.11. The second-order valence-corrected chi connectivity index (χ2v) is 8.92. The van der Waals surface area contributed by atoms with E-state index in [1.165, 1.54) is 0 Å². The summed E-state index contributed by atoms with van der Waals surface area (Å²) in [6.45, 7) is 0. The highest BCUT2D eigenvalue weighted by Crippen LogP contribution is 2.32. The van der Waals surface area contributed by atoms with Crippen LogP contribution in [-0.4, -0.2) is 19.7 Å². The van der Waals surface area contributed by atoms with Crippen LogP contribution < -0.4 is 0 Å². The standard InChI is InChI=1S/C19H13NO4S2/c21-11-15-7-9-17(24-15)14-6-8-16-18(10-14)25-19(20-16)26(22,23)12-13-4-2-1-3-5-13/h1-11H,12H2. The predicted octanol–water partition coefficient (Wildman–Crippen LogP) is 4.34. The van der Waals surface area contributed by atoms with Gasteiger partial charge >= 0.3 is 0 Å². The van der Waals surface area contributed by atoms with Gasteiger partial charge in [-0.05, 0) is 35.9 Å². The molecule has 0 saturated heterocycles. The van der Waals surface area contributed by atoms with Gasteiger partial charge in [-0.15, -0.1) is 11.3 Å². The minimum absolute atomic E-state index is 0.0819. The van der Waals surface area contributed by atoms with Gasteiger partial charge in [-0.25, -0.2) is 13.4 Å². The SMILES string of the molecule is O=Cc1ccc(-c2ccc3nc(S(=O)(=O)Cc4ccccc4)sc3c2)o1. The molecule has 0 aliphatic heterocycles. The second-order valence-electron chi connectivity index (χ2n) is 5.73. The Morgan fingerprint density at radius 1 is 1.04 bits per heavy atom. The molecule has 2 heterocycles. The number of carbonyl (C=O) groups is 1. The van der Waals surface area contributed by atoms with Gasteiger partial charge in [0, 0.05) is 5.56 Å². The van der Waals surface area contributed by atoms with Crippen LogP contribution in [0, 0.1) is 0 Å². The van der Waals surface area contributed by atoms with Crippen molar-refractivity contribution < 1.29 is 17.6 Å². The first-order valence-corrected chi connectivity index (χ1v) is 10.2. The van der Waals surface area contributed by atoms with Gasteiger partial charge < -0.3 is 4.42 Å². The summed E-state index contributed by atoms with van der Waals surface area (Å²) >= 11 is 1.13. The van der Waals surface area contributed by atoms with Crippen molar-refractivity contribution in [2.75, 3.05) is 0 Å². The molecule has 5 nitrogen and oxygen atoms in total. The van der Waals surface area contributed by atoms with E-state index in [1.54, 1.807) is 36.4 Å². The van der Waals surface area contributed by atoms with E-state index in [0.717, 1.165) is 27.2 Å². The Labute approximate surface area is 153 Å². The number of benzene rings is 2. The van der Waals surface area contributed by atoms with Gasteiger partial charge in [0.25, 0.3) is 0 Å². The quantitative estimate of drug-likeness (QED) is 0.479. The van der Waals surface area contributed by atoms with Gasteiger partial charge in [0.1, 0.15) is 5.76 Å². The molecule has 2 aromatic heterocycles. The minimum Gasteiger partial charge on any atom is -0.453 e. The number of fused-ring (bicyclic) bond motifs is 1. The van der Waals surface area contributed by atoms with Gasteiger partial charge in [-0.3, -0.25) is 4.79 Å². The van der Waals surface area contributed by atoms with E-state index in [9.17, 15) is 13.2 Å². The van der Waals surface area contributed by atoms with E-state index in [0.29, 0.717) is 17.6 Å². The van der Waals surface area contributed by atoms with Crippen molar-refractivity contribution in [1.82, 2.24) is 4.98 Å². The molecule has 130 valence electrons. The van der Waals surface area contributed by atoms with Crippen LogP contribution in [0.5, 0.6) is 0 Å².